The summed E-state index contributed by atoms with van der Waals surface area (Å²) in [6.45, 7) is 2.71. The summed E-state index contributed by atoms with van der Waals surface area (Å²) in [5.41, 5.74) is 1.94. The Bertz CT molecular complexity index is 1170. The van der Waals surface area contributed by atoms with Gasteiger partial charge in [0.25, 0.3) is 15.9 Å². The molecule has 1 amide bonds. The van der Waals surface area contributed by atoms with Gasteiger partial charge in [-0.1, -0.05) is 24.3 Å². The number of carbonyl (C=O) groups is 1. The number of nitrogens with zero attached hydrogens (tertiary/aromatic N) is 2. The minimum Gasteiger partial charge on any atom is -0.497 e. The van der Waals surface area contributed by atoms with E-state index < -0.39 is 10.0 Å². The van der Waals surface area contributed by atoms with Crippen LogP contribution in [0.1, 0.15) is 10.4 Å². The van der Waals surface area contributed by atoms with Gasteiger partial charge in [-0.2, -0.15) is 0 Å². The number of hydrogen-bond donors (Lipinski definition) is 1. The van der Waals surface area contributed by atoms with Gasteiger partial charge in [-0.3, -0.25) is 9.52 Å². The van der Waals surface area contributed by atoms with Crippen molar-refractivity contribution in [3.63, 3.8) is 0 Å². The predicted molar refractivity (Wildman–Crippen MR) is 125 cm³/mol. The van der Waals surface area contributed by atoms with E-state index >= 15 is 0 Å². The number of rotatable bonds is 6. The molecule has 8 heteroatoms. The highest BCUT2D eigenvalue weighted by Gasteiger charge is 2.23. The first-order chi connectivity index (χ1) is 15.5. The van der Waals surface area contributed by atoms with Gasteiger partial charge in [0.1, 0.15) is 5.75 Å². The van der Waals surface area contributed by atoms with Crippen LogP contribution in [0.5, 0.6) is 5.75 Å². The molecule has 1 aliphatic heterocycles. The van der Waals surface area contributed by atoms with Crippen molar-refractivity contribution < 1.29 is 17.9 Å². The minimum atomic E-state index is -3.78. The fourth-order valence-corrected chi connectivity index (χ4v) is 4.72. The topological polar surface area (TPSA) is 78.9 Å². The van der Waals surface area contributed by atoms with Crippen molar-refractivity contribution in [1.82, 2.24) is 4.90 Å². The quantitative estimate of drug-likeness (QED) is 0.621. The maximum atomic E-state index is 13.0. The molecule has 0 aromatic heterocycles. The van der Waals surface area contributed by atoms with E-state index in [1.54, 1.807) is 41.3 Å². The fourth-order valence-electron chi connectivity index (χ4n) is 3.67. The SMILES string of the molecule is COc1ccc(S(=O)(=O)Nc2cccc(C(=O)N3CCN(c4ccccc4)CC3)c2)cc1. The number of hydrogen-bond acceptors (Lipinski definition) is 5. The van der Waals surface area contributed by atoms with E-state index in [2.05, 4.69) is 21.8 Å². The summed E-state index contributed by atoms with van der Waals surface area (Å²) in [4.78, 5) is 17.2. The van der Waals surface area contributed by atoms with Gasteiger partial charge in [-0.05, 0) is 54.6 Å². The molecular weight excluding hydrogens is 426 g/mol. The molecule has 7 nitrogen and oxygen atoms in total. The van der Waals surface area contributed by atoms with Gasteiger partial charge >= 0.3 is 0 Å². The van der Waals surface area contributed by atoms with Gasteiger partial charge in [0.05, 0.1) is 12.0 Å². The van der Waals surface area contributed by atoms with Crippen LogP contribution in [0.2, 0.25) is 0 Å². The lowest BCUT2D eigenvalue weighted by Crippen LogP contribution is -2.48. The van der Waals surface area contributed by atoms with E-state index in [9.17, 15) is 13.2 Å². The Morgan fingerprint density at radius 1 is 0.875 bits per heavy atom. The first kappa shape index (κ1) is 21.7. The third kappa shape index (κ3) is 4.86. The molecule has 1 N–H and O–H groups in total. The smallest absolute Gasteiger partial charge is 0.261 e. The van der Waals surface area contributed by atoms with Crippen LogP contribution in [-0.2, 0) is 10.0 Å². The third-order valence-electron chi connectivity index (χ3n) is 5.42. The van der Waals surface area contributed by atoms with Gasteiger partial charge in [0, 0.05) is 43.1 Å². The van der Waals surface area contributed by atoms with Gasteiger partial charge in [-0.15, -0.1) is 0 Å². The predicted octanol–water partition coefficient (Wildman–Crippen LogP) is 3.46. The van der Waals surface area contributed by atoms with Crippen molar-refractivity contribution in [3.8, 4) is 5.75 Å². The molecule has 166 valence electrons. The number of anilines is 2. The van der Waals surface area contributed by atoms with E-state index in [4.69, 9.17) is 4.74 Å². The molecule has 32 heavy (non-hydrogen) atoms. The van der Waals surface area contributed by atoms with Crippen molar-refractivity contribution in [3.05, 3.63) is 84.4 Å². The lowest BCUT2D eigenvalue weighted by atomic mass is 10.1. The second-order valence-corrected chi connectivity index (χ2v) is 9.16. The molecular formula is C24H25N3O4S. The number of methoxy groups -OCH3 is 1. The number of benzene rings is 3. The highest BCUT2D eigenvalue weighted by atomic mass is 32.2. The molecule has 0 saturated carbocycles. The second-order valence-electron chi connectivity index (χ2n) is 7.48. The average Bonchev–Trinajstić information content (AvgIpc) is 2.84. The average molecular weight is 452 g/mol. The molecule has 1 fully saturated rings. The van der Waals surface area contributed by atoms with Crippen molar-refractivity contribution in [2.24, 2.45) is 0 Å². The highest BCUT2D eigenvalue weighted by Crippen LogP contribution is 2.21. The lowest BCUT2D eigenvalue weighted by molar-refractivity contribution is 0.0747. The Morgan fingerprint density at radius 2 is 1.56 bits per heavy atom. The lowest BCUT2D eigenvalue weighted by Gasteiger charge is -2.36. The maximum Gasteiger partial charge on any atom is 0.261 e. The molecule has 1 saturated heterocycles. The van der Waals surface area contributed by atoms with E-state index in [0.29, 0.717) is 30.1 Å². The number of ether oxygens (including phenoxy) is 1. The number of para-hydroxylation sites is 1. The molecule has 0 spiro atoms. The number of amides is 1. The van der Waals surface area contributed by atoms with E-state index in [0.717, 1.165) is 18.8 Å². The zero-order chi connectivity index (χ0) is 22.6. The van der Waals surface area contributed by atoms with Crippen LogP contribution in [0, 0.1) is 0 Å². The molecule has 3 aromatic rings. The number of sulfonamides is 1. The zero-order valence-corrected chi connectivity index (χ0v) is 18.6. The van der Waals surface area contributed by atoms with Gasteiger partial charge < -0.3 is 14.5 Å². The number of piperazine rings is 1. The van der Waals surface area contributed by atoms with E-state index in [1.807, 2.05) is 18.2 Å². The largest absolute Gasteiger partial charge is 0.497 e. The summed E-state index contributed by atoms with van der Waals surface area (Å²) in [6, 6.07) is 22.8. The Labute approximate surface area is 188 Å². The molecule has 0 aliphatic carbocycles. The summed E-state index contributed by atoms with van der Waals surface area (Å²) >= 11 is 0. The van der Waals surface area contributed by atoms with Crippen LogP contribution >= 0.6 is 0 Å². The molecule has 0 atom stereocenters. The molecule has 0 radical (unpaired) electrons. The van der Waals surface area contributed by atoms with E-state index in [1.165, 1.54) is 19.2 Å². The van der Waals surface area contributed by atoms with Crippen LogP contribution in [-0.4, -0.2) is 52.5 Å². The zero-order valence-electron chi connectivity index (χ0n) is 17.8. The third-order valence-corrected chi connectivity index (χ3v) is 6.82. The summed E-state index contributed by atoms with van der Waals surface area (Å²) < 4.78 is 33.0. The van der Waals surface area contributed by atoms with Crippen LogP contribution in [0.25, 0.3) is 0 Å². The van der Waals surface area contributed by atoms with Crippen molar-refractivity contribution in [2.45, 2.75) is 4.90 Å². The summed E-state index contributed by atoms with van der Waals surface area (Å²) in [5, 5.41) is 0. The second kappa shape index (κ2) is 9.32. The first-order valence-electron chi connectivity index (χ1n) is 10.3. The minimum absolute atomic E-state index is 0.108. The molecule has 1 heterocycles. The number of carbonyl (C=O) groups excluding carboxylic acids is 1. The highest BCUT2D eigenvalue weighted by molar-refractivity contribution is 7.92. The summed E-state index contributed by atoms with van der Waals surface area (Å²) in [7, 11) is -2.26. The summed E-state index contributed by atoms with van der Waals surface area (Å²) in [6.07, 6.45) is 0. The van der Waals surface area contributed by atoms with Crippen LogP contribution in [0.3, 0.4) is 0 Å². The molecule has 1 aliphatic rings. The maximum absolute atomic E-state index is 13.0. The standard InChI is InChI=1S/C24H25N3O4S/c1-31-22-10-12-23(13-11-22)32(29,30)25-20-7-5-6-19(18-20)24(28)27-16-14-26(15-17-27)21-8-3-2-4-9-21/h2-13,18,25H,14-17H2,1H3. The van der Waals surface area contributed by atoms with Crippen molar-refractivity contribution >= 4 is 27.3 Å². The monoisotopic (exact) mass is 451 g/mol. The van der Waals surface area contributed by atoms with Crippen LogP contribution < -0.4 is 14.4 Å². The van der Waals surface area contributed by atoms with E-state index in [-0.39, 0.29) is 10.8 Å². The Morgan fingerprint density at radius 3 is 2.22 bits per heavy atom. The molecule has 0 unspecified atom stereocenters. The molecule has 4 rings (SSSR count). The molecule has 3 aromatic carbocycles. The van der Waals surface area contributed by atoms with Gasteiger partial charge in [0.15, 0.2) is 0 Å². The molecule has 0 bridgehead atoms. The summed E-state index contributed by atoms with van der Waals surface area (Å²) in [5.74, 6) is 0.465. The number of nitrogens with one attached hydrogen (secondary N) is 1. The van der Waals surface area contributed by atoms with Crippen LogP contribution in [0.4, 0.5) is 11.4 Å². The Kier molecular flexibility index (Phi) is 6.32. The Balaban J connectivity index is 1.43. The van der Waals surface area contributed by atoms with Crippen LogP contribution in [0.15, 0.2) is 83.8 Å². The van der Waals surface area contributed by atoms with Gasteiger partial charge in [-0.25, -0.2) is 8.42 Å². The first-order valence-corrected chi connectivity index (χ1v) is 11.8. The fraction of sp³-hybridized carbons (Fsp3) is 0.208. The van der Waals surface area contributed by atoms with Crippen molar-refractivity contribution in [2.75, 3.05) is 42.9 Å². The van der Waals surface area contributed by atoms with Gasteiger partial charge in [0.2, 0.25) is 0 Å². The van der Waals surface area contributed by atoms with Crippen molar-refractivity contribution in [1.29, 1.82) is 0 Å². The normalized spacial score (nSPS) is 14.2. The Hall–Kier alpha value is -3.52.